The van der Waals surface area contributed by atoms with Crippen molar-refractivity contribution < 1.29 is 14.3 Å². The van der Waals surface area contributed by atoms with Gasteiger partial charge in [0.25, 0.3) is 0 Å². The van der Waals surface area contributed by atoms with E-state index in [1.807, 2.05) is 6.07 Å². The van der Waals surface area contributed by atoms with E-state index in [2.05, 4.69) is 15.9 Å². The van der Waals surface area contributed by atoms with E-state index in [1.54, 1.807) is 19.1 Å². The Morgan fingerprint density at radius 2 is 2.24 bits per heavy atom. The van der Waals surface area contributed by atoms with Gasteiger partial charge in [0, 0.05) is 5.33 Å². The molecular weight excluding hydrogens is 286 g/mol. The Kier molecular flexibility index (Phi) is 4.98. The number of alkyl halides is 1. The molecule has 0 atom stereocenters. The molecule has 0 aliphatic heterocycles. The molecule has 0 aliphatic rings. The van der Waals surface area contributed by atoms with Gasteiger partial charge in [0.15, 0.2) is 0 Å². The third-order valence-corrected chi connectivity index (χ3v) is 2.78. The summed E-state index contributed by atoms with van der Waals surface area (Å²) >= 11 is 3.30. The van der Waals surface area contributed by atoms with Crippen molar-refractivity contribution in [2.24, 2.45) is 0 Å². The fourth-order valence-corrected chi connectivity index (χ4v) is 1.74. The lowest BCUT2D eigenvalue weighted by Crippen LogP contribution is -2.09. The predicted molar refractivity (Wildman–Crippen MR) is 66.3 cm³/mol. The van der Waals surface area contributed by atoms with Gasteiger partial charge < -0.3 is 9.47 Å². The summed E-state index contributed by atoms with van der Waals surface area (Å²) in [5.74, 6) is -0.182. The summed E-state index contributed by atoms with van der Waals surface area (Å²) in [7, 11) is 1.46. The molecule has 0 bridgehead atoms. The van der Waals surface area contributed by atoms with Crippen LogP contribution in [0.1, 0.15) is 28.4 Å². The Balaban J connectivity index is 3.35. The lowest BCUT2D eigenvalue weighted by Gasteiger charge is -2.11. The fraction of sp³-hybridized carbons (Fsp3) is 0.333. The van der Waals surface area contributed by atoms with E-state index in [1.165, 1.54) is 7.11 Å². The molecule has 5 heteroatoms. The molecule has 1 aromatic rings. The van der Waals surface area contributed by atoms with Crippen molar-refractivity contribution in [3.8, 4) is 11.8 Å². The van der Waals surface area contributed by atoms with Crippen LogP contribution in [-0.2, 0) is 10.1 Å². The van der Waals surface area contributed by atoms with Crippen molar-refractivity contribution in [1.82, 2.24) is 0 Å². The Labute approximate surface area is 108 Å². The highest BCUT2D eigenvalue weighted by Gasteiger charge is 2.19. The third-order valence-electron chi connectivity index (χ3n) is 2.14. The van der Waals surface area contributed by atoms with Gasteiger partial charge in [-0.15, -0.1) is 0 Å². The van der Waals surface area contributed by atoms with Gasteiger partial charge in [-0.2, -0.15) is 5.26 Å². The lowest BCUT2D eigenvalue weighted by molar-refractivity contribution is 0.0522. The monoisotopic (exact) mass is 297 g/mol. The Morgan fingerprint density at radius 3 is 2.71 bits per heavy atom. The third kappa shape index (κ3) is 2.98. The number of halogens is 1. The molecule has 0 saturated carbocycles. The SMILES string of the molecule is CCOC(=O)c1c(C#N)cc(CBr)cc1OC. The fourth-order valence-electron chi connectivity index (χ4n) is 1.41. The Hall–Kier alpha value is -1.54. The van der Waals surface area contributed by atoms with Crippen LogP contribution in [0.3, 0.4) is 0 Å². The number of nitrogens with zero attached hydrogens (tertiary/aromatic N) is 1. The maximum Gasteiger partial charge on any atom is 0.343 e. The zero-order valence-electron chi connectivity index (χ0n) is 9.62. The van der Waals surface area contributed by atoms with E-state index in [0.717, 1.165) is 5.56 Å². The van der Waals surface area contributed by atoms with Crippen LogP contribution in [0, 0.1) is 11.3 Å². The number of benzene rings is 1. The van der Waals surface area contributed by atoms with E-state index in [9.17, 15) is 4.79 Å². The van der Waals surface area contributed by atoms with Crippen LogP contribution in [0.5, 0.6) is 5.75 Å². The number of carbonyl (C=O) groups excluding carboxylic acids is 1. The van der Waals surface area contributed by atoms with Crippen LogP contribution < -0.4 is 4.74 Å². The number of hydrogen-bond donors (Lipinski definition) is 0. The first-order valence-corrected chi connectivity index (χ1v) is 6.14. The van der Waals surface area contributed by atoms with Gasteiger partial charge in [0.2, 0.25) is 0 Å². The Morgan fingerprint density at radius 1 is 1.53 bits per heavy atom. The summed E-state index contributed by atoms with van der Waals surface area (Å²) in [5, 5.41) is 9.63. The first kappa shape index (κ1) is 13.5. The molecule has 0 radical (unpaired) electrons. The van der Waals surface area contributed by atoms with Crippen LogP contribution in [0.25, 0.3) is 0 Å². The number of carbonyl (C=O) groups is 1. The van der Waals surface area contributed by atoms with Crippen LogP contribution in [0.4, 0.5) is 0 Å². The smallest absolute Gasteiger partial charge is 0.343 e. The molecule has 0 aromatic heterocycles. The van der Waals surface area contributed by atoms with Gasteiger partial charge in [0.1, 0.15) is 17.4 Å². The summed E-state index contributed by atoms with van der Waals surface area (Å²) < 4.78 is 10.0. The minimum Gasteiger partial charge on any atom is -0.496 e. The minimum atomic E-state index is -0.540. The van der Waals surface area contributed by atoms with Crippen molar-refractivity contribution in [3.05, 3.63) is 28.8 Å². The van der Waals surface area contributed by atoms with Crippen LogP contribution in [-0.4, -0.2) is 19.7 Å². The molecule has 4 nitrogen and oxygen atoms in total. The summed E-state index contributed by atoms with van der Waals surface area (Å²) in [6, 6.07) is 5.34. The molecule has 0 spiro atoms. The van der Waals surface area contributed by atoms with Crippen molar-refractivity contribution in [2.45, 2.75) is 12.3 Å². The highest BCUT2D eigenvalue weighted by Crippen LogP contribution is 2.26. The molecule has 0 heterocycles. The highest BCUT2D eigenvalue weighted by molar-refractivity contribution is 9.08. The average Bonchev–Trinajstić information content (AvgIpc) is 2.37. The second-order valence-electron chi connectivity index (χ2n) is 3.19. The van der Waals surface area contributed by atoms with Crippen LogP contribution >= 0.6 is 15.9 Å². The van der Waals surface area contributed by atoms with Gasteiger partial charge in [0.05, 0.1) is 19.3 Å². The average molecular weight is 298 g/mol. The van der Waals surface area contributed by atoms with Gasteiger partial charge >= 0.3 is 5.97 Å². The number of nitriles is 1. The zero-order valence-corrected chi connectivity index (χ0v) is 11.2. The predicted octanol–water partition coefficient (Wildman–Crippen LogP) is 2.64. The summed E-state index contributed by atoms with van der Waals surface area (Å²) in [4.78, 5) is 11.7. The molecule has 0 fully saturated rings. The van der Waals surface area contributed by atoms with E-state index in [4.69, 9.17) is 14.7 Å². The first-order valence-electron chi connectivity index (χ1n) is 5.02. The van der Waals surface area contributed by atoms with Crippen molar-refractivity contribution >= 4 is 21.9 Å². The molecule has 0 unspecified atom stereocenters. The van der Waals surface area contributed by atoms with E-state index in [-0.39, 0.29) is 17.7 Å². The lowest BCUT2D eigenvalue weighted by atomic mass is 10.0. The normalized spacial score (nSPS) is 9.53. The molecule has 0 aliphatic carbocycles. The minimum absolute atomic E-state index is 0.182. The van der Waals surface area contributed by atoms with Gasteiger partial charge in [-0.1, -0.05) is 15.9 Å². The standard InChI is InChI=1S/C12H12BrNO3/c1-3-17-12(15)11-9(7-14)4-8(6-13)5-10(11)16-2/h4-5H,3,6H2,1-2H3. The molecular formula is C12H12BrNO3. The summed E-state index contributed by atoms with van der Waals surface area (Å²) in [6.45, 7) is 1.97. The van der Waals surface area contributed by atoms with E-state index in [0.29, 0.717) is 11.1 Å². The van der Waals surface area contributed by atoms with E-state index >= 15 is 0 Å². The number of rotatable bonds is 4. The van der Waals surface area contributed by atoms with E-state index < -0.39 is 5.97 Å². The second-order valence-corrected chi connectivity index (χ2v) is 3.75. The molecule has 0 N–H and O–H groups in total. The summed E-state index contributed by atoms with van der Waals surface area (Å²) in [6.07, 6.45) is 0. The number of methoxy groups -OCH3 is 1. The zero-order chi connectivity index (χ0) is 12.8. The molecule has 0 amide bonds. The quantitative estimate of drug-likeness (QED) is 0.633. The maximum absolute atomic E-state index is 11.7. The van der Waals surface area contributed by atoms with Gasteiger partial charge in [-0.3, -0.25) is 0 Å². The molecule has 17 heavy (non-hydrogen) atoms. The topological polar surface area (TPSA) is 59.3 Å². The second kappa shape index (κ2) is 6.26. The Bertz CT molecular complexity index is 466. The largest absolute Gasteiger partial charge is 0.496 e. The van der Waals surface area contributed by atoms with Crippen molar-refractivity contribution in [3.63, 3.8) is 0 Å². The maximum atomic E-state index is 11.7. The van der Waals surface area contributed by atoms with Crippen LogP contribution in [0.2, 0.25) is 0 Å². The van der Waals surface area contributed by atoms with Crippen molar-refractivity contribution in [1.29, 1.82) is 5.26 Å². The molecule has 1 rings (SSSR count). The summed E-state index contributed by atoms with van der Waals surface area (Å²) in [5.41, 5.74) is 1.31. The molecule has 1 aromatic carbocycles. The molecule has 90 valence electrons. The van der Waals surface area contributed by atoms with Gasteiger partial charge in [-0.05, 0) is 24.6 Å². The number of hydrogen-bond acceptors (Lipinski definition) is 4. The van der Waals surface area contributed by atoms with Crippen LogP contribution in [0.15, 0.2) is 12.1 Å². The number of esters is 1. The first-order chi connectivity index (χ1) is 8.17. The number of ether oxygens (including phenoxy) is 2. The van der Waals surface area contributed by atoms with Gasteiger partial charge in [-0.25, -0.2) is 4.79 Å². The molecule has 0 saturated heterocycles. The highest BCUT2D eigenvalue weighted by atomic mass is 79.9. The van der Waals surface area contributed by atoms with Crippen molar-refractivity contribution in [2.75, 3.05) is 13.7 Å².